The van der Waals surface area contributed by atoms with Crippen molar-refractivity contribution in [1.29, 1.82) is 0 Å². The molecule has 0 fully saturated rings. The number of para-hydroxylation sites is 1. The van der Waals surface area contributed by atoms with E-state index in [9.17, 15) is 4.39 Å². The van der Waals surface area contributed by atoms with E-state index >= 15 is 0 Å². The standard InChI is InChI=1S/C22H17Cl2FN2O/c1-28-22-5-3-2-4-17(22)19-13-20(14-6-9-16(25)10-7-14)27(26-19)21-12-15(23)8-11-18(21)24/h2-12,20H,13H2,1H3/t20-/m0/s1. The van der Waals surface area contributed by atoms with E-state index in [1.165, 1.54) is 12.1 Å². The number of hydrazone groups is 1. The van der Waals surface area contributed by atoms with Crippen LogP contribution in [0.5, 0.6) is 5.75 Å². The summed E-state index contributed by atoms with van der Waals surface area (Å²) in [5, 5.41) is 7.81. The van der Waals surface area contributed by atoms with Gasteiger partial charge in [-0.25, -0.2) is 4.39 Å². The zero-order valence-electron chi connectivity index (χ0n) is 15.1. The quantitative estimate of drug-likeness (QED) is 0.486. The maximum absolute atomic E-state index is 13.5. The highest BCUT2D eigenvalue weighted by molar-refractivity contribution is 6.35. The molecule has 0 N–H and O–H groups in total. The van der Waals surface area contributed by atoms with Gasteiger partial charge in [0.2, 0.25) is 0 Å². The number of halogens is 3. The van der Waals surface area contributed by atoms with Crippen LogP contribution in [-0.4, -0.2) is 12.8 Å². The van der Waals surface area contributed by atoms with E-state index in [0.29, 0.717) is 22.2 Å². The minimum Gasteiger partial charge on any atom is -0.496 e. The Morgan fingerprint density at radius 1 is 1.04 bits per heavy atom. The molecule has 0 radical (unpaired) electrons. The van der Waals surface area contributed by atoms with Gasteiger partial charge in [-0.3, -0.25) is 5.01 Å². The number of hydrogen-bond acceptors (Lipinski definition) is 3. The molecule has 0 aliphatic carbocycles. The van der Waals surface area contributed by atoms with Crippen molar-refractivity contribution >= 4 is 34.6 Å². The van der Waals surface area contributed by atoms with E-state index in [-0.39, 0.29) is 11.9 Å². The summed E-state index contributed by atoms with van der Waals surface area (Å²) in [6.07, 6.45) is 0.620. The Morgan fingerprint density at radius 2 is 1.79 bits per heavy atom. The van der Waals surface area contributed by atoms with Crippen LogP contribution in [0.25, 0.3) is 0 Å². The second-order valence-electron chi connectivity index (χ2n) is 6.46. The fourth-order valence-electron chi connectivity index (χ4n) is 3.38. The summed E-state index contributed by atoms with van der Waals surface area (Å²) >= 11 is 12.7. The number of ether oxygens (including phenoxy) is 1. The molecular formula is C22H17Cl2FN2O. The first-order valence-corrected chi connectivity index (χ1v) is 9.53. The van der Waals surface area contributed by atoms with Gasteiger partial charge < -0.3 is 4.74 Å². The lowest BCUT2D eigenvalue weighted by Gasteiger charge is -2.25. The van der Waals surface area contributed by atoms with Crippen LogP contribution < -0.4 is 9.75 Å². The number of hydrogen-bond donors (Lipinski definition) is 0. The van der Waals surface area contributed by atoms with Crippen molar-refractivity contribution in [1.82, 2.24) is 0 Å². The minimum absolute atomic E-state index is 0.142. The maximum Gasteiger partial charge on any atom is 0.127 e. The molecule has 0 saturated heterocycles. The number of methoxy groups -OCH3 is 1. The Balaban J connectivity index is 1.82. The van der Waals surface area contributed by atoms with Crippen molar-refractivity contribution < 1.29 is 9.13 Å². The molecule has 0 bridgehead atoms. The zero-order chi connectivity index (χ0) is 19.7. The van der Waals surface area contributed by atoms with Gasteiger partial charge in [-0.1, -0.05) is 47.5 Å². The van der Waals surface area contributed by atoms with Gasteiger partial charge in [0.15, 0.2) is 0 Å². The number of benzene rings is 3. The Labute approximate surface area is 173 Å². The fourth-order valence-corrected chi connectivity index (χ4v) is 3.75. The molecule has 6 heteroatoms. The molecule has 1 atom stereocenters. The predicted octanol–water partition coefficient (Wildman–Crippen LogP) is 6.50. The SMILES string of the molecule is COc1ccccc1C1=NN(c2cc(Cl)ccc2Cl)[C@H](c2ccc(F)cc2)C1. The molecule has 1 aliphatic rings. The summed E-state index contributed by atoms with van der Waals surface area (Å²) in [6.45, 7) is 0. The molecule has 28 heavy (non-hydrogen) atoms. The lowest BCUT2D eigenvalue weighted by atomic mass is 9.97. The molecule has 1 aliphatic heterocycles. The molecule has 3 aromatic carbocycles. The Kier molecular flexibility index (Phi) is 5.25. The van der Waals surface area contributed by atoms with Crippen molar-refractivity contribution in [2.45, 2.75) is 12.5 Å². The van der Waals surface area contributed by atoms with Gasteiger partial charge in [-0.15, -0.1) is 0 Å². The topological polar surface area (TPSA) is 24.8 Å². The molecule has 0 spiro atoms. The summed E-state index contributed by atoms with van der Waals surface area (Å²) in [4.78, 5) is 0. The van der Waals surface area contributed by atoms with Crippen molar-refractivity contribution in [2.75, 3.05) is 12.1 Å². The third kappa shape index (κ3) is 3.58. The van der Waals surface area contributed by atoms with E-state index in [2.05, 4.69) is 0 Å². The highest BCUT2D eigenvalue weighted by Gasteiger charge is 2.32. The second kappa shape index (κ2) is 7.82. The predicted molar refractivity (Wildman–Crippen MR) is 112 cm³/mol. The van der Waals surface area contributed by atoms with Crippen LogP contribution in [0.2, 0.25) is 10.0 Å². The molecule has 3 aromatic rings. The maximum atomic E-state index is 13.5. The summed E-state index contributed by atoms with van der Waals surface area (Å²) in [6, 6.07) is 19.3. The van der Waals surface area contributed by atoms with Crippen LogP contribution in [0.1, 0.15) is 23.6 Å². The Bertz CT molecular complexity index is 1040. The second-order valence-corrected chi connectivity index (χ2v) is 7.30. The normalized spacial score (nSPS) is 16.2. The van der Waals surface area contributed by atoms with Crippen molar-refractivity contribution in [3.8, 4) is 5.75 Å². The Morgan fingerprint density at radius 3 is 2.54 bits per heavy atom. The van der Waals surface area contributed by atoms with Gasteiger partial charge in [0.05, 0.1) is 29.6 Å². The Hall–Kier alpha value is -2.56. The fraction of sp³-hybridized carbons (Fsp3) is 0.136. The molecule has 0 unspecified atom stereocenters. The molecule has 0 saturated carbocycles. The van der Waals surface area contributed by atoms with Gasteiger partial charge in [-0.2, -0.15) is 5.10 Å². The first-order valence-electron chi connectivity index (χ1n) is 8.77. The van der Waals surface area contributed by atoms with Crippen molar-refractivity contribution in [2.24, 2.45) is 5.10 Å². The smallest absolute Gasteiger partial charge is 0.127 e. The number of rotatable bonds is 4. The summed E-state index contributed by atoms with van der Waals surface area (Å²) in [5.41, 5.74) is 3.42. The van der Waals surface area contributed by atoms with Crippen LogP contribution in [0, 0.1) is 5.82 Å². The largest absolute Gasteiger partial charge is 0.496 e. The van der Waals surface area contributed by atoms with E-state index < -0.39 is 0 Å². The molecule has 0 aromatic heterocycles. The third-order valence-corrected chi connectivity index (χ3v) is 5.29. The number of nitrogens with zero attached hydrogens (tertiary/aromatic N) is 2. The molecule has 4 rings (SSSR count). The van der Waals surface area contributed by atoms with Crippen molar-refractivity contribution in [3.05, 3.63) is 93.7 Å². The van der Waals surface area contributed by atoms with Crippen LogP contribution in [0.3, 0.4) is 0 Å². The van der Waals surface area contributed by atoms with Crippen LogP contribution in [0.4, 0.5) is 10.1 Å². The van der Waals surface area contributed by atoms with E-state index in [0.717, 1.165) is 22.6 Å². The first kappa shape index (κ1) is 18.8. The molecule has 142 valence electrons. The van der Waals surface area contributed by atoms with E-state index in [1.807, 2.05) is 29.3 Å². The first-order chi connectivity index (χ1) is 13.6. The lowest BCUT2D eigenvalue weighted by molar-refractivity contribution is 0.414. The van der Waals surface area contributed by atoms with Gasteiger partial charge in [0.25, 0.3) is 0 Å². The lowest BCUT2D eigenvalue weighted by Crippen LogP contribution is -2.19. The van der Waals surface area contributed by atoms with Gasteiger partial charge in [-0.05, 0) is 48.0 Å². The molecule has 3 nitrogen and oxygen atoms in total. The average Bonchev–Trinajstić information content (AvgIpc) is 3.15. The highest BCUT2D eigenvalue weighted by Crippen LogP contribution is 2.41. The minimum atomic E-state index is -0.278. The van der Waals surface area contributed by atoms with Crippen LogP contribution in [0.15, 0.2) is 71.8 Å². The molecule has 1 heterocycles. The number of anilines is 1. The zero-order valence-corrected chi connectivity index (χ0v) is 16.6. The monoisotopic (exact) mass is 414 g/mol. The van der Waals surface area contributed by atoms with Gasteiger partial charge in [0.1, 0.15) is 11.6 Å². The van der Waals surface area contributed by atoms with E-state index in [4.69, 9.17) is 33.0 Å². The van der Waals surface area contributed by atoms with Gasteiger partial charge in [0, 0.05) is 17.0 Å². The summed E-state index contributed by atoms with van der Waals surface area (Å²) in [5.74, 6) is 0.470. The summed E-state index contributed by atoms with van der Waals surface area (Å²) in [7, 11) is 1.64. The van der Waals surface area contributed by atoms with E-state index in [1.54, 1.807) is 37.4 Å². The average molecular weight is 415 g/mol. The van der Waals surface area contributed by atoms with Crippen molar-refractivity contribution in [3.63, 3.8) is 0 Å². The van der Waals surface area contributed by atoms with Crippen LogP contribution in [-0.2, 0) is 0 Å². The molecule has 0 amide bonds. The third-order valence-electron chi connectivity index (χ3n) is 4.74. The summed E-state index contributed by atoms with van der Waals surface area (Å²) < 4.78 is 19.0. The van der Waals surface area contributed by atoms with Crippen LogP contribution >= 0.6 is 23.2 Å². The highest BCUT2D eigenvalue weighted by atomic mass is 35.5. The molecular weight excluding hydrogens is 398 g/mol. The van der Waals surface area contributed by atoms with Gasteiger partial charge >= 0.3 is 0 Å².